The summed E-state index contributed by atoms with van der Waals surface area (Å²) in [7, 11) is 6.16. The summed E-state index contributed by atoms with van der Waals surface area (Å²) in [5, 5.41) is 0. The first-order valence-corrected chi connectivity index (χ1v) is 10.4. The molecule has 170 valence electrons. The van der Waals surface area contributed by atoms with E-state index < -0.39 is 42.5 Å². The molecule has 0 saturated heterocycles. The van der Waals surface area contributed by atoms with Gasteiger partial charge in [0, 0.05) is 0 Å². The van der Waals surface area contributed by atoms with Gasteiger partial charge in [0.05, 0.1) is 31.1 Å². The van der Waals surface area contributed by atoms with Crippen molar-refractivity contribution in [3.63, 3.8) is 0 Å². The average molecular weight is 456 g/mol. The van der Waals surface area contributed by atoms with E-state index in [9.17, 15) is 19.2 Å². The summed E-state index contributed by atoms with van der Waals surface area (Å²) < 4.78 is 16.0. The normalized spacial score (nSPS) is 13.1. The summed E-state index contributed by atoms with van der Waals surface area (Å²) in [6.07, 6.45) is -2.63. The average Bonchev–Trinajstić information content (AvgIpc) is 2.90. The van der Waals surface area contributed by atoms with Gasteiger partial charge in [-0.2, -0.15) is 0 Å². The Bertz CT molecular complexity index is 1100. The molecule has 0 heterocycles. The predicted molar refractivity (Wildman–Crippen MR) is 124 cm³/mol. The molecule has 0 saturated carbocycles. The summed E-state index contributed by atoms with van der Waals surface area (Å²) in [6, 6.07) is 24.3. The van der Waals surface area contributed by atoms with Crippen LogP contribution in [-0.2, 0) is 19.0 Å². The molecule has 0 fully saturated rings. The van der Waals surface area contributed by atoms with E-state index in [1.165, 1.54) is 24.3 Å². The van der Waals surface area contributed by atoms with Gasteiger partial charge in [-0.15, -0.1) is 0 Å². The van der Waals surface area contributed by atoms with Crippen molar-refractivity contribution in [3.8, 4) is 0 Å². The Kier molecular flexibility index (Phi) is 8.74. The summed E-state index contributed by atoms with van der Waals surface area (Å²) in [6.45, 7) is -0.395. The van der Waals surface area contributed by atoms with Crippen molar-refractivity contribution in [2.75, 3.05) is 6.61 Å². The third-order valence-electron chi connectivity index (χ3n) is 4.80. The summed E-state index contributed by atoms with van der Waals surface area (Å²) in [4.78, 5) is 49.3. The van der Waals surface area contributed by atoms with Crippen LogP contribution in [0.2, 0.25) is 5.82 Å². The van der Waals surface area contributed by atoms with Crippen LogP contribution >= 0.6 is 0 Å². The van der Waals surface area contributed by atoms with E-state index in [4.69, 9.17) is 22.1 Å². The van der Waals surface area contributed by atoms with Gasteiger partial charge in [0.1, 0.15) is 6.10 Å². The molecule has 8 heteroatoms. The second-order valence-electron chi connectivity index (χ2n) is 7.24. The summed E-state index contributed by atoms with van der Waals surface area (Å²) in [5.41, 5.74) is 0.710. The van der Waals surface area contributed by atoms with E-state index >= 15 is 0 Å². The topological polar surface area (TPSA) is 96.0 Å². The summed E-state index contributed by atoms with van der Waals surface area (Å²) >= 11 is 0. The standard InChI is InChI=1S/C26H21BO7/c27-21(17-32-24(29)18-10-4-1-5-11-18)23(34-26(31)20-14-8-3-9-15-20)22(16-28)33-25(30)19-12-6-2-7-13-19/h1-16,21-23H,17H2/t21-,22+,23+/m1/s1. The van der Waals surface area contributed by atoms with Crippen LogP contribution in [0.5, 0.6) is 0 Å². The Labute approximate surface area is 198 Å². The number of carbonyl (C=O) groups is 4. The van der Waals surface area contributed by atoms with Crippen molar-refractivity contribution in [3.05, 3.63) is 108 Å². The first-order valence-electron chi connectivity index (χ1n) is 10.4. The third kappa shape index (κ3) is 6.65. The molecule has 3 atom stereocenters. The highest BCUT2D eigenvalue weighted by molar-refractivity contribution is 6.12. The van der Waals surface area contributed by atoms with Gasteiger partial charge in [-0.25, -0.2) is 14.4 Å². The van der Waals surface area contributed by atoms with Crippen LogP contribution in [0.4, 0.5) is 0 Å². The number of benzene rings is 3. The van der Waals surface area contributed by atoms with Gasteiger partial charge in [0.25, 0.3) is 0 Å². The molecule has 0 bridgehead atoms. The van der Waals surface area contributed by atoms with Gasteiger partial charge in [-0.1, -0.05) is 54.6 Å². The zero-order chi connectivity index (χ0) is 24.3. The number of aldehydes is 1. The molecule has 3 aromatic rings. The Morgan fingerprint density at radius 3 is 1.53 bits per heavy atom. The lowest BCUT2D eigenvalue weighted by Crippen LogP contribution is -2.41. The van der Waals surface area contributed by atoms with Gasteiger partial charge in [0.15, 0.2) is 12.4 Å². The van der Waals surface area contributed by atoms with E-state index in [2.05, 4.69) is 0 Å². The van der Waals surface area contributed by atoms with Crippen molar-refractivity contribution in [2.45, 2.75) is 18.0 Å². The molecule has 7 nitrogen and oxygen atoms in total. The first kappa shape index (κ1) is 24.4. The molecule has 3 rings (SSSR count). The fourth-order valence-electron chi connectivity index (χ4n) is 3.03. The van der Waals surface area contributed by atoms with Crippen LogP contribution in [0, 0.1) is 0 Å². The van der Waals surface area contributed by atoms with Gasteiger partial charge < -0.3 is 14.2 Å². The predicted octanol–water partition coefficient (Wildman–Crippen LogP) is 3.45. The second kappa shape index (κ2) is 12.2. The molecule has 0 aliphatic carbocycles. The lowest BCUT2D eigenvalue weighted by Gasteiger charge is -2.28. The zero-order valence-corrected chi connectivity index (χ0v) is 18.1. The minimum atomic E-state index is -1.54. The number of hydrogen-bond donors (Lipinski definition) is 0. The Hall–Kier alpha value is -4.20. The minimum absolute atomic E-state index is 0.201. The number of esters is 3. The van der Waals surface area contributed by atoms with E-state index in [0.29, 0.717) is 11.8 Å². The molecule has 0 unspecified atom stereocenters. The molecule has 0 aromatic heterocycles. The molecule has 0 N–H and O–H groups in total. The fraction of sp³-hybridized carbons (Fsp3) is 0.154. The van der Waals surface area contributed by atoms with Crippen molar-refractivity contribution < 1.29 is 33.4 Å². The molecular formula is C26H21BO7. The third-order valence-corrected chi connectivity index (χ3v) is 4.80. The van der Waals surface area contributed by atoms with Crippen LogP contribution in [-0.4, -0.2) is 50.9 Å². The lowest BCUT2D eigenvalue weighted by molar-refractivity contribution is -0.122. The number of rotatable bonds is 10. The van der Waals surface area contributed by atoms with Gasteiger partial charge in [-0.3, -0.25) is 4.79 Å². The Balaban J connectivity index is 1.76. The molecule has 0 amide bonds. The monoisotopic (exact) mass is 456 g/mol. The van der Waals surface area contributed by atoms with Crippen molar-refractivity contribution >= 4 is 32.0 Å². The van der Waals surface area contributed by atoms with E-state index in [1.807, 2.05) is 0 Å². The molecule has 0 spiro atoms. The lowest BCUT2D eigenvalue weighted by atomic mass is 9.80. The highest BCUT2D eigenvalue weighted by Crippen LogP contribution is 2.21. The zero-order valence-electron chi connectivity index (χ0n) is 18.1. The maximum absolute atomic E-state index is 12.7. The van der Waals surface area contributed by atoms with Gasteiger partial charge in [0.2, 0.25) is 0 Å². The van der Waals surface area contributed by atoms with E-state index in [0.717, 1.165) is 0 Å². The Morgan fingerprint density at radius 2 is 1.09 bits per heavy atom. The van der Waals surface area contributed by atoms with Crippen molar-refractivity contribution in [1.29, 1.82) is 0 Å². The largest absolute Gasteiger partial charge is 0.462 e. The highest BCUT2D eigenvalue weighted by atomic mass is 16.6. The Morgan fingerprint density at radius 1 is 0.676 bits per heavy atom. The fourth-order valence-corrected chi connectivity index (χ4v) is 3.03. The van der Waals surface area contributed by atoms with Crippen LogP contribution in [0.1, 0.15) is 31.1 Å². The highest BCUT2D eigenvalue weighted by Gasteiger charge is 2.34. The molecular weight excluding hydrogens is 435 g/mol. The van der Waals surface area contributed by atoms with Crippen LogP contribution < -0.4 is 0 Å². The summed E-state index contributed by atoms with van der Waals surface area (Å²) in [5.74, 6) is -3.39. The molecule has 0 aliphatic rings. The first-order chi connectivity index (χ1) is 16.5. The van der Waals surface area contributed by atoms with Crippen LogP contribution in [0.15, 0.2) is 91.0 Å². The number of ether oxygens (including phenoxy) is 3. The molecule has 0 aliphatic heterocycles. The maximum Gasteiger partial charge on any atom is 0.338 e. The van der Waals surface area contributed by atoms with Crippen LogP contribution in [0.3, 0.4) is 0 Å². The number of carbonyl (C=O) groups excluding carboxylic acids is 4. The number of hydrogen-bond acceptors (Lipinski definition) is 7. The van der Waals surface area contributed by atoms with Gasteiger partial charge >= 0.3 is 17.9 Å². The molecule has 2 radical (unpaired) electrons. The van der Waals surface area contributed by atoms with Crippen molar-refractivity contribution in [2.24, 2.45) is 0 Å². The quantitative estimate of drug-likeness (QED) is 0.200. The molecule has 34 heavy (non-hydrogen) atoms. The SMILES string of the molecule is [B][C@H](COC(=O)c1ccccc1)[C@H](OC(=O)c1ccccc1)[C@H](C=O)OC(=O)c1ccccc1. The minimum Gasteiger partial charge on any atom is -0.462 e. The van der Waals surface area contributed by atoms with E-state index in [1.54, 1.807) is 66.7 Å². The van der Waals surface area contributed by atoms with E-state index in [-0.39, 0.29) is 11.1 Å². The molecule has 3 aromatic carbocycles. The maximum atomic E-state index is 12.7. The van der Waals surface area contributed by atoms with Gasteiger partial charge in [-0.05, 0) is 42.2 Å². The van der Waals surface area contributed by atoms with Crippen molar-refractivity contribution in [1.82, 2.24) is 0 Å². The smallest absolute Gasteiger partial charge is 0.338 e. The second-order valence-corrected chi connectivity index (χ2v) is 7.24. The van der Waals surface area contributed by atoms with Crippen LogP contribution in [0.25, 0.3) is 0 Å².